The molecule has 0 aromatic heterocycles. The molecule has 0 spiro atoms. The van der Waals surface area contributed by atoms with Crippen LogP contribution in [0, 0.1) is 0 Å². The maximum absolute atomic E-state index is 11.8. The number of hydrazine groups is 1. The molecule has 2 amide bonds. The molecule has 0 saturated carbocycles. The largest absolute Gasteiger partial charge is 0.375 e. The van der Waals surface area contributed by atoms with E-state index in [2.05, 4.69) is 28.2 Å². The lowest BCUT2D eigenvalue weighted by Gasteiger charge is -2.23. The number of hydrogen-bond donors (Lipinski definition) is 3. The zero-order chi connectivity index (χ0) is 16.1. The van der Waals surface area contributed by atoms with Gasteiger partial charge in [-0.05, 0) is 29.9 Å². The van der Waals surface area contributed by atoms with Crippen molar-refractivity contribution >= 4 is 46.5 Å². The van der Waals surface area contributed by atoms with E-state index in [-0.39, 0.29) is 24.0 Å². The fourth-order valence-electron chi connectivity index (χ4n) is 1.88. The average Bonchev–Trinajstić information content (AvgIpc) is 2.48. The summed E-state index contributed by atoms with van der Waals surface area (Å²) in [4.78, 5) is 23.5. The standard InChI is InChI=1S/C13H14ClN5O2S/c14-9-3-1-8(2-4-9)10-5-6-12(21)19(18-10)7-11(20)16-17-13(15)22/h1-4H,5-7H2,(H,16,20)(H3,15,17,22). The molecule has 0 radical (unpaired) electrons. The Morgan fingerprint density at radius 3 is 2.64 bits per heavy atom. The quantitative estimate of drug-likeness (QED) is 0.551. The Morgan fingerprint density at radius 2 is 2.00 bits per heavy atom. The van der Waals surface area contributed by atoms with Crippen molar-refractivity contribution in [2.45, 2.75) is 12.8 Å². The summed E-state index contributed by atoms with van der Waals surface area (Å²) in [5, 5.41) is 5.92. The third kappa shape index (κ3) is 4.40. The number of amides is 2. The molecule has 0 unspecified atom stereocenters. The number of carbonyl (C=O) groups excluding carboxylic acids is 2. The molecule has 7 nitrogen and oxygen atoms in total. The molecule has 2 rings (SSSR count). The smallest absolute Gasteiger partial charge is 0.260 e. The summed E-state index contributed by atoms with van der Waals surface area (Å²) >= 11 is 10.4. The molecule has 1 aliphatic rings. The molecule has 9 heteroatoms. The Hall–Kier alpha value is -2.19. The van der Waals surface area contributed by atoms with E-state index in [0.717, 1.165) is 16.3 Å². The summed E-state index contributed by atoms with van der Waals surface area (Å²) in [7, 11) is 0. The van der Waals surface area contributed by atoms with Crippen molar-refractivity contribution in [1.82, 2.24) is 15.9 Å². The van der Waals surface area contributed by atoms with Gasteiger partial charge >= 0.3 is 0 Å². The Kier molecular flexibility index (Phi) is 5.29. The molecule has 0 aliphatic carbocycles. The van der Waals surface area contributed by atoms with Crippen molar-refractivity contribution < 1.29 is 9.59 Å². The van der Waals surface area contributed by atoms with E-state index < -0.39 is 5.91 Å². The summed E-state index contributed by atoms with van der Waals surface area (Å²) in [6.45, 7) is -0.217. The van der Waals surface area contributed by atoms with Crippen LogP contribution < -0.4 is 16.6 Å². The van der Waals surface area contributed by atoms with Crippen molar-refractivity contribution in [2.24, 2.45) is 10.8 Å². The Labute approximate surface area is 137 Å². The van der Waals surface area contributed by atoms with Crippen LogP contribution in [0.15, 0.2) is 29.4 Å². The Bertz CT molecular complexity index is 632. The molecule has 0 atom stereocenters. The number of nitrogens with two attached hydrogens (primary N) is 1. The molecule has 116 valence electrons. The highest BCUT2D eigenvalue weighted by Crippen LogP contribution is 2.17. The first kappa shape index (κ1) is 16.2. The summed E-state index contributed by atoms with van der Waals surface area (Å²) in [5.41, 5.74) is 11.4. The van der Waals surface area contributed by atoms with Crippen molar-refractivity contribution in [3.05, 3.63) is 34.9 Å². The van der Waals surface area contributed by atoms with Crippen LogP contribution in [0.25, 0.3) is 0 Å². The number of benzene rings is 1. The van der Waals surface area contributed by atoms with E-state index in [4.69, 9.17) is 17.3 Å². The number of rotatable bonds is 3. The van der Waals surface area contributed by atoms with Gasteiger partial charge in [0.2, 0.25) is 5.91 Å². The summed E-state index contributed by atoms with van der Waals surface area (Å²) < 4.78 is 0. The molecular weight excluding hydrogens is 326 g/mol. The summed E-state index contributed by atoms with van der Waals surface area (Å²) in [6.07, 6.45) is 0.807. The normalized spacial score (nSPS) is 14.3. The van der Waals surface area contributed by atoms with Crippen LogP contribution in [0.2, 0.25) is 5.02 Å². The minimum absolute atomic E-state index is 0.0660. The van der Waals surface area contributed by atoms with Gasteiger partial charge in [0.1, 0.15) is 6.54 Å². The van der Waals surface area contributed by atoms with Crippen LogP contribution in [-0.4, -0.2) is 34.2 Å². The number of hydrogen-bond acceptors (Lipinski definition) is 4. The second-order valence-corrected chi connectivity index (χ2v) is 5.42. The third-order valence-electron chi connectivity index (χ3n) is 2.90. The molecule has 22 heavy (non-hydrogen) atoms. The summed E-state index contributed by atoms with van der Waals surface area (Å²) in [6, 6.07) is 7.14. The van der Waals surface area contributed by atoms with Gasteiger partial charge in [-0.15, -0.1) is 0 Å². The van der Waals surface area contributed by atoms with Gasteiger partial charge in [-0.2, -0.15) is 5.10 Å². The van der Waals surface area contributed by atoms with E-state index in [1.807, 2.05) is 12.1 Å². The number of carbonyl (C=O) groups is 2. The predicted octanol–water partition coefficient (Wildman–Crippen LogP) is 0.531. The van der Waals surface area contributed by atoms with Crippen LogP contribution in [0.5, 0.6) is 0 Å². The minimum Gasteiger partial charge on any atom is -0.375 e. The van der Waals surface area contributed by atoms with Crippen molar-refractivity contribution in [2.75, 3.05) is 6.54 Å². The molecule has 4 N–H and O–H groups in total. The van der Waals surface area contributed by atoms with Crippen LogP contribution in [-0.2, 0) is 9.59 Å². The molecule has 1 aromatic carbocycles. The molecule has 1 heterocycles. The van der Waals surface area contributed by atoms with Gasteiger partial charge < -0.3 is 5.73 Å². The van der Waals surface area contributed by atoms with E-state index in [1.165, 1.54) is 0 Å². The first-order valence-electron chi connectivity index (χ1n) is 6.44. The minimum atomic E-state index is -0.470. The topological polar surface area (TPSA) is 99.8 Å². The Balaban J connectivity index is 2.07. The predicted molar refractivity (Wildman–Crippen MR) is 87.0 cm³/mol. The molecule has 0 bridgehead atoms. The molecular formula is C13H14ClN5O2S. The number of nitrogens with one attached hydrogen (secondary N) is 2. The van der Waals surface area contributed by atoms with Crippen molar-refractivity contribution in [3.63, 3.8) is 0 Å². The van der Waals surface area contributed by atoms with Crippen LogP contribution in [0.4, 0.5) is 0 Å². The van der Waals surface area contributed by atoms with Gasteiger partial charge in [0.25, 0.3) is 5.91 Å². The third-order valence-corrected chi connectivity index (χ3v) is 3.25. The zero-order valence-corrected chi connectivity index (χ0v) is 13.1. The van der Waals surface area contributed by atoms with Crippen molar-refractivity contribution in [3.8, 4) is 0 Å². The SMILES string of the molecule is NC(=S)NNC(=O)CN1N=C(c2ccc(Cl)cc2)CCC1=O. The Morgan fingerprint density at radius 1 is 1.32 bits per heavy atom. The number of hydrazone groups is 1. The fraction of sp³-hybridized carbons (Fsp3) is 0.231. The maximum Gasteiger partial charge on any atom is 0.260 e. The van der Waals surface area contributed by atoms with Crippen LogP contribution in [0.1, 0.15) is 18.4 Å². The van der Waals surface area contributed by atoms with Crippen molar-refractivity contribution in [1.29, 1.82) is 0 Å². The number of halogens is 1. The van der Waals surface area contributed by atoms with Gasteiger partial charge in [-0.1, -0.05) is 23.7 Å². The second kappa shape index (κ2) is 7.19. The molecule has 1 aromatic rings. The van der Waals surface area contributed by atoms with E-state index in [9.17, 15) is 9.59 Å². The van der Waals surface area contributed by atoms with Gasteiger partial charge in [0.05, 0.1) is 5.71 Å². The van der Waals surface area contributed by atoms with Crippen LogP contribution in [0.3, 0.4) is 0 Å². The first-order valence-corrected chi connectivity index (χ1v) is 7.22. The molecule has 0 fully saturated rings. The summed E-state index contributed by atoms with van der Waals surface area (Å²) in [5.74, 6) is -0.689. The second-order valence-electron chi connectivity index (χ2n) is 4.54. The lowest BCUT2D eigenvalue weighted by atomic mass is 10.0. The fourth-order valence-corrected chi connectivity index (χ4v) is 2.06. The van der Waals surface area contributed by atoms with E-state index in [1.54, 1.807) is 12.1 Å². The van der Waals surface area contributed by atoms with E-state index in [0.29, 0.717) is 11.4 Å². The lowest BCUT2D eigenvalue weighted by molar-refractivity contribution is -0.136. The monoisotopic (exact) mass is 339 g/mol. The average molecular weight is 340 g/mol. The highest BCUT2D eigenvalue weighted by atomic mass is 35.5. The van der Waals surface area contributed by atoms with Gasteiger partial charge in [-0.25, -0.2) is 5.01 Å². The molecule has 0 saturated heterocycles. The van der Waals surface area contributed by atoms with Gasteiger partial charge in [0, 0.05) is 17.9 Å². The maximum atomic E-state index is 11.8. The van der Waals surface area contributed by atoms with Gasteiger partial charge in [-0.3, -0.25) is 20.4 Å². The number of thiocarbonyl (C=S) groups is 1. The highest BCUT2D eigenvalue weighted by molar-refractivity contribution is 7.80. The highest BCUT2D eigenvalue weighted by Gasteiger charge is 2.23. The van der Waals surface area contributed by atoms with Gasteiger partial charge in [0.15, 0.2) is 5.11 Å². The number of nitrogens with zero attached hydrogens (tertiary/aromatic N) is 2. The molecule has 1 aliphatic heterocycles. The first-order chi connectivity index (χ1) is 10.5. The lowest BCUT2D eigenvalue weighted by Crippen LogP contribution is -2.48. The van der Waals surface area contributed by atoms with E-state index >= 15 is 0 Å². The zero-order valence-electron chi connectivity index (χ0n) is 11.5. The van der Waals surface area contributed by atoms with Crippen LogP contribution >= 0.6 is 23.8 Å².